The predicted molar refractivity (Wildman–Crippen MR) is 189 cm³/mol. The van der Waals surface area contributed by atoms with Crippen molar-refractivity contribution in [3.8, 4) is 0 Å². The number of ether oxygens (including phenoxy) is 2. The molecule has 0 unspecified atom stereocenters. The number of esters is 1. The smallest absolute Gasteiger partial charge is 0.313 e. The van der Waals surface area contributed by atoms with Gasteiger partial charge in [0.2, 0.25) is 0 Å². The summed E-state index contributed by atoms with van der Waals surface area (Å²) in [5.41, 5.74) is 0.644. The average Bonchev–Trinajstić information content (AvgIpc) is 3.45. The summed E-state index contributed by atoms with van der Waals surface area (Å²) in [6.45, 7) is 17.9. The van der Waals surface area contributed by atoms with Crippen molar-refractivity contribution in [2.24, 2.45) is 40.9 Å². The minimum Gasteiger partial charge on any atom is -0.469 e. The van der Waals surface area contributed by atoms with Gasteiger partial charge in [0.05, 0.1) is 36.4 Å². The maximum Gasteiger partial charge on any atom is 0.313 e. The Hall–Kier alpha value is -2.42. The third-order valence-corrected chi connectivity index (χ3v) is 12.6. The number of rotatable bonds is 2. The van der Waals surface area contributed by atoms with Crippen LogP contribution in [-0.4, -0.2) is 64.6 Å². The van der Waals surface area contributed by atoms with Crippen molar-refractivity contribution in [1.82, 2.24) is 0 Å². The lowest BCUT2D eigenvalue weighted by atomic mass is 9.53. The second kappa shape index (κ2) is 15.9. The first-order chi connectivity index (χ1) is 22.9. The zero-order chi connectivity index (χ0) is 36.4. The quantitative estimate of drug-likeness (QED) is 0.234. The molecule has 2 heterocycles. The Morgan fingerprint density at radius 2 is 1.67 bits per heavy atom. The average molecular weight is 683 g/mol. The summed E-state index contributed by atoms with van der Waals surface area (Å²) in [5.74, 6) is -3.55. The van der Waals surface area contributed by atoms with Crippen molar-refractivity contribution in [2.45, 2.75) is 149 Å². The van der Waals surface area contributed by atoms with Gasteiger partial charge in [-0.15, -0.1) is 0 Å². The number of Topliss-reactive ketones (excluding diaryl/α,β-unsaturated/α-hetero) is 3. The summed E-state index contributed by atoms with van der Waals surface area (Å²) in [5, 5.41) is 23.4. The summed E-state index contributed by atoms with van der Waals surface area (Å²) in [6.07, 6.45) is 4.84. The van der Waals surface area contributed by atoms with E-state index in [9.17, 15) is 29.4 Å². The summed E-state index contributed by atoms with van der Waals surface area (Å²) in [7, 11) is 1.30. The highest BCUT2D eigenvalue weighted by Gasteiger charge is 2.60. The van der Waals surface area contributed by atoms with Crippen molar-refractivity contribution in [3.63, 3.8) is 0 Å². The summed E-state index contributed by atoms with van der Waals surface area (Å²) < 4.78 is 12.0. The SMILES string of the molecule is C=C1C[C@@H](O)C2=C(C)C[C@@H]3C(=O)C[C@@H](C)CCC[C@@H](C)C(=O)C[C@@H](C(C)C)C(=O)C[C@]3(C(=O)OC)[C@H]2/C=C(\C)CC[C@@H](O)[C@]2(C)CC[C@H]1O2. The van der Waals surface area contributed by atoms with Gasteiger partial charge in [-0.3, -0.25) is 19.2 Å². The van der Waals surface area contributed by atoms with Crippen LogP contribution in [0.25, 0.3) is 0 Å². The van der Waals surface area contributed by atoms with E-state index in [-0.39, 0.29) is 73.3 Å². The second-order valence-electron chi connectivity index (χ2n) is 16.7. The standard InChI is InChI=1S/C41H62O8/c1-23(2)29-21-32(42)26(5)12-10-11-24(3)18-33(43)30-19-28(7)38-31(41(30,22-35(29)45)39(47)48-9)17-25(4)13-14-37(46)40(8)16-15-36(49-40)27(6)20-34(38)44/h17,23-24,26,29-31,34,36-37,44,46H,6,10-16,18-22H2,1-5,7-9H3/b25-17+/t24-,26+,29-,30+,31-,34+,36+,37+,40-,41+/m0/s1. The topological polar surface area (TPSA) is 127 Å². The second-order valence-corrected chi connectivity index (χ2v) is 16.7. The van der Waals surface area contributed by atoms with Crippen molar-refractivity contribution >= 4 is 23.3 Å². The lowest BCUT2D eigenvalue weighted by molar-refractivity contribution is -0.166. The Labute approximate surface area is 294 Å². The van der Waals surface area contributed by atoms with E-state index in [1.807, 2.05) is 54.5 Å². The molecule has 2 N–H and O–H groups in total. The Balaban J connectivity index is 1.96. The minimum atomic E-state index is -1.63. The summed E-state index contributed by atoms with van der Waals surface area (Å²) >= 11 is 0. The number of aliphatic hydroxyl groups excluding tert-OH is 2. The first kappa shape index (κ1) is 39.4. The number of aliphatic hydroxyl groups is 2. The molecule has 0 radical (unpaired) electrons. The van der Waals surface area contributed by atoms with Gasteiger partial charge < -0.3 is 19.7 Å². The van der Waals surface area contributed by atoms with Gasteiger partial charge >= 0.3 is 5.97 Å². The number of ketones is 3. The first-order valence-electron chi connectivity index (χ1n) is 18.7. The van der Waals surface area contributed by atoms with E-state index < -0.39 is 46.9 Å². The van der Waals surface area contributed by atoms with Crippen LogP contribution >= 0.6 is 0 Å². The van der Waals surface area contributed by atoms with E-state index >= 15 is 0 Å². The molecule has 8 nitrogen and oxygen atoms in total. The van der Waals surface area contributed by atoms with E-state index in [1.54, 1.807) is 0 Å². The molecule has 2 aliphatic carbocycles. The Morgan fingerprint density at radius 3 is 2.33 bits per heavy atom. The van der Waals surface area contributed by atoms with Crippen LogP contribution < -0.4 is 0 Å². The first-order valence-corrected chi connectivity index (χ1v) is 18.7. The monoisotopic (exact) mass is 682 g/mol. The predicted octanol–water partition coefficient (Wildman–Crippen LogP) is 7.05. The van der Waals surface area contributed by atoms with Crippen LogP contribution in [0.3, 0.4) is 0 Å². The fourth-order valence-electron chi connectivity index (χ4n) is 9.26. The third kappa shape index (κ3) is 8.23. The fourth-order valence-corrected chi connectivity index (χ4v) is 9.26. The lowest BCUT2D eigenvalue weighted by Gasteiger charge is -2.49. The van der Waals surface area contributed by atoms with Crippen LogP contribution in [0.2, 0.25) is 0 Å². The van der Waals surface area contributed by atoms with Gasteiger partial charge in [0.25, 0.3) is 0 Å². The molecule has 49 heavy (non-hydrogen) atoms. The molecule has 0 aromatic heterocycles. The van der Waals surface area contributed by atoms with E-state index in [0.29, 0.717) is 43.3 Å². The van der Waals surface area contributed by atoms with Crippen LogP contribution in [0.15, 0.2) is 34.9 Å². The number of fused-ring (bicyclic) bond motifs is 5. The molecule has 0 aromatic rings. The number of carbonyl (C=O) groups excluding carboxylic acids is 4. The highest BCUT2D eigenvalue weighted by molar-refractivity contribution is 5.97. The molecule has 4 aliphatic rings. The Morgan fingerprint density at radius 1 is 0.980 bits per heavy atom. The Kier molecular flexibility index (Phi) is 12.7. The Bertz CT molecular complexity index is 1360. The normalized spacial score (nSPS) is 40.3. The van der Waals surface area contributed by atoms with Gasteiger partial charge in [0, 0.05) is 49.4 Å². The number of carbonyl (C=O) groups is 4. The molecule has 2 bridgehead atoms. The molecule has 0 amide bonds. The van der Waals surface area contributed by atoms with Crippen molar-refractivity contribution in [3.05, 3.63) is 34.9 Å². The van der Waals surface area contributed by atoms with E-state index in [2.05, 4.69) is 6.58 Å². The summed E-state index contributed by atoms with van der Waals surface area (Å²) in [6, 6.07) is 0. The van der Waals surface area contributed by atoms with E-state index in [4.69, 9.17) is 9.47 Å². The third-order valence-electron chi connectivity index (χ3n) is 12.6. The molecular weight excluding hydrogens is 620 g/mol. The van der Waals surface area contributed by atoms with Crippen LogP contribution in [0.4, 0.5) is 0 Å². The van der Waals surface area contributed by atoms with Crippen LogP contribution in [0, 0.1) is 40.9 Å². The molecule has 1 saturated carbocycles. The molecule has 0 spiro atoms. The van der Waals surface area contributed by atoms with Gasteiger partial charge in [-0.2, -0.15) is 0 Å². The molecule has 1 saturated heterocycles. The van der Waals surface area contributed by atoms with Gasteiger partial charge in [0.1, 0.15) is 17.3 Å². The molecule has 2 aliphatic heterocycles. The molecule has 274 valence electrons. The number of methoxy groups -OCH3 is 1. The number of hydrogen-bond acceptors (Lipinski definition) is 8. The minimum absolute atomic E-state index is 0.0300. The summed E-state index contributed by atoms with van der Waals surface area (Å²) in [4.78, 5) is 57.3. The zero-order valence-corrected chi connectivity index (χ0v) is 31.3. The molecule has 8 heteroatoms. The fraction of sp³-hybridized carbons (Fsp3) is 0.756. The molecular formula is C41H62O8. The molecule has 10 atom stereocenters. The van der Waals surface area contributed by atoms with Crippen molar-refractivity contribution in [1.29, 1.82) is 0 Å². The number of allylic oxidation sites excluding steroid dienone is 3. The van der Waals surface area contributed by atoms with Gasteiger partial charge in [0.15, 0.2) is 0 Å². The molecule has 0 aromatic carbocycles. The largest absolute Gasteiger partial charge is 0.469 e. The van der Waals surface area contributed by atoms with Gasteiger partial charge in [-0.05, 0) is 82.3 Å². The van der Waals surface area contributed by atoms with Crippen LogP contribution in [0.5, 0.6) is 0 Å². The van der Waals surface area contributed by atoms with E-state index in [1.165, 1.54) is 7.11 Å². The van der Waals surface area contributed by atoms with Crippen molar-refractivity contribution < 1.29 is 38.9 Å². The van der Waals surface area contributed by atoms with Gasteiger partial charge in [-0.1, -0.05) is 64.3 Å². The zero-order valence-electron chi connectivity index (χ0n) is 31.3. The van der Waals surface area contributed by atoms with Gasteiger partial charge in [-0.25, -0.2) is 0 Å². The van der Waals surface area contributed by atoms with E-state index in [0.717, 1.165) is 24.0 Å². The maximum atomic E-state index is 14.7. The van der Waals surface area contributed by atoms with Crippen molar-refractivity contribution in [2.75, 3.05) is 7.11 Å². The van der Waals surface area contributed by atoms with Crippen LogP contribution in [-0.2, 0) is 28.7 Å². The molecule has 4 rings (SSSR count). The highest BCUT2D eigenvalue weighted by atomic mass is 16.5. The lowest BCUT2D eigenvalue weighted by Crippen LogP contribution is -2.54. The number of hydrogen-bond donors (Lipinski definition) is 2. The van der Waals surface area contributed by atoms with Crippen LogP contribution in [0.1, 0.15) is 126 Å². The highest BCUT2D eigenvalue weighted by Crippen LogP contribution is 2.55. The molecule has 2 fully saturated rings. The maximum absolute atomic E-state index is 14.7.